The van der Waals surface area contributed by atoms with Crippen LogP contribution in [0, 0.1) is 0 Å². The van der Waals surface area contributed by atoms with Crippen LogP contribution >= 0.6 is 0 Å². The molecule has 0 amide bonds. The fourth-order valence-corrected chi connectivity index (χ4v) is 3.35. The van der Waals surface area contributed by atoms with Crippen molar-refractivity contribution in [2.24, 2.45) is 0 Å². The maximum atomic E-state index is 12.6. The van der Waals surface area contributed by atoms with Crippen molar-refractivity contribution < 1.29 is 8.42 Å². The van der Waals surface area contributed by atoms with Gasteiger partial charge < -0.3 is 10.7 Å². The smallest absolute Gasteiger partial charge is 0.281 e. The summed E-state index contributed by atoms with van der Waals surface area (Å²) in [5.74, 6) is 0.646. The van der Waals surface area contributed by atoms with Gasteiger partial charge >= 0.3 is 0 Å². The lowest BCUT2D eigenvalue weighted by atomic mass is 10.3. The number of hydrogen-bond donors (Lipinski definition) is 2. The lowest BCUT2D eigenvalue weighted by molar-refractivity contribution is 0.588. The maximum absolute atomic E-state index is 12.6. The van der Waals surface area contributed by atoms with Crippen LogP contribution in [0.4, 0.5) is 11.4 Å². The third-order valence-electron chi connectivity index (χ3n) is 2.95. The van der Waals surface area contributed by atoms with Crippen molar-refractivity contribution >= 4 is 21.4 Å². The van der Waals surface area contributed by atoms with E-state index in [0.717, 1.165) is 0 Å². The molecule has 1 aromatic heterocycles. The second kappa shape index (κ2) is 5.54. The van der Waals surface area contributed by atoms with E-state index < -0.39 is 10.0 Å². The first kappa shape index (κ1) is 14.4. The van der Waals surface area contributed by atoms with E-state index in [-0.39, 0.29) is 5.03 Å². The van der Waals surface area contributed by atoms with E-state index in [0.29, 0.717) is 30.2 Å². The first-order chi connectivity index (χ1) is 9.48. The Kier molecular flexibility index (Phi) is 3.99. The lowest BCUT2D eigenvalue weighted by Gasteiger charge is -2.22. The Morgan fingerprint density at radius 2 is 2.10 bits per heavy atom. The normalized spacial score (nSPS) is 11.5. The largest absolute Gasteiger partial charge is 0.399 e. The number of nitrogens with two attached hydrogens (primary N) is 1. The number of imidazole rings is 1. The van der Waals surface area contributed by atoms with Gasteiger partial charge in [0.2, 0.25) is 0 Å². The molecule has 0 unspecified atom stereocenters. The molecule has 0 spiro atoms. The molecule has 1 heterocycles. The highest BCUT2D eigenvalue weighted by atomic mass is 32.2. The molecule has 0 saturated heterocycles. The van der Waals surface area contributed by atoms with Gasteiger partial charge in [0, 0.05) is 18.7 Å². The predicted octanol–water partition coefficient (Wildman–Crippen LogP) is 1.77. The number of hydrogen-bond acceptors (Lipinski definition) is 4. The highest BCUT2D eigenvalue weighted by Crippen LogP contribution is 2.24. The Morgan fingerprint density at radius 1 is 1.35 bits per heavy atom. The summed E-state index contributed by atoms with van der Waals surface area (Å²) >= 11 is 0. The van der Waals surface area contributed by atoms with Crippen LogP contribution in [0.25, 0.3) is 0 Å². The molecule has 1 aromatic carbocycles. The first-order valence-electron chi connectivity index (χ1n) is 6.41. The highest BCUT2D eigenvalue weighted by Gasteiger charge is 2.25. The molecular weight excluding hydrogens is 276 g/mol. The van der Waals surface area contributed by atoms with Gasteiger partial charge in [0.25, 0.3) is 10.0 Å². The fraction of sp³-hybridized carbons (Fsp3) is 0.308. The first-order valence-corrected chi connectivity index (χ1v) is 7.85. The van der Waals surface area contributed by atoms with Crippen LogP contribution in [0.5, 0.6) is 0 Å². The van der Waals surface area contributed by atoms with Crippen LogP contribution in [-0.4, -0.2) is 24.9 Å². The average Bonchev–Trinajstić information content (AvgIpc) is 2.89. The molecule has 0 atom stereocenters. The highest BCUT2D eigenvalue weighted by molar-refractivity contribution is 7.92. The quantitative estimate of drug-likeness (QED) is 0.822. The Labute approximate surface area is 118 Å². The van der Waals surface area contributed by atoms with E-state index in [1.54, 1.807) is 31.2 Å². The summed E-state index contributed by atoms with van der Waals surface area (Å²) in [6.07, 6.45) is 2.00. The van der Waals surface area contributed by atoms with Gasteiger partial charge in [0.1, 0.15) is 5.82 Å². The van der Waals surface area contributed by atoms with Gasteiger partial charge in [-0.25, -0.2) is 4.98 Å². The van der Waals surface area contributed by atoms with Crippen molar-refractivity contribution in [1.29, 1.82) is 0 Å². The number of H-pyrrole nitrogens is 1. The van der Waals surface area contributed by atoms with E-state index in [1.807, 2.05) is 6.92 Å². The van der Waals surface area contributed by atoms with Gasteiger partial charge in [-0.05, 0) is 25.1 Å². The second-order valence-corrected chi connectivity index (χ2v) is 6.14. The summed E-state index contributed by atoms with van der Waals surface area (Å²) in [7, 11) is -3.65. The molecule has 7 heteroatoms. The van der Waals surface area contributed by atoms with Gasteiger partial charge in [-0.3, -0.25) is 4.31 Å². The number of aromatic amines is 1. The molecule has 0 saturated carbocycles. The predicted molar refractivity (Wildman–Crippen MR) is 79.0 cm³/mol. The van der Waals surface area contributed by atoms with E-state index >= 15 is 0 Å². The number of rotatable bonds is 5. The lowest BCUT2D eigenvalue weighted by Crippen LogP contribution is -2.31. The van der Waals surface area contributed by atoms with E-state index in [2.05, 4.69) is 9.97 Å². The molecule has 0 fully saturated rings. The zero-order chi connectivity index (χ0) is 14.8. The summed E-state index contributed by atoms with van der Waals surface area (Å²) in [5.41, 5.74) is 6.78. The molecule has 0 aliphatic heterocycles. The summed E-state index contributed by atoms with van der Waals surface area (Å²) < 4.78 is 26.5. The van der Waals surface area contributed by atoms with Crippen molar-refractivity contribution in [2.45, 2.75) is 25.3 Å². The standard InChI is InChI=1S/C13H18N4O2S/c1-3-12-15-9-13(16-12)20(18,19)17(4-2)11-7-5-6-10(14)8-11/h5-9H,3-4,14H2,1-2H3,(H,15,16). The van der Waals surface area contributed by atoms with E-state index in [4.69, 9.17) is 5.73 Å². The molecule has 20 heavy (non-hydrogen) atoms. The maximum Gasteiger partial charge on any atom is 0.281 e. The molecule has 0 radical (unpaired) electrons. The van der Waals surface area contributed by atoms with Crippen LogP contribution in [0.1, 0.15) is 19.7 Å². The zero-order valence-electron chi connectivity index (χ0n) is 11.5. The molecule has 2 rings (SSSR count). The molecule has 0 aliphatic rings. The minimum atomic E-state index is -3.65. The molecule has 2 aromatic rings. The van der Waals surface area contributed by atoms with Gasteiger partial charge in [0.05, 0.1) is 11.9 Å². The van der Waals surface area contributed by atoms with Crippen LogP contribution in [-0.2, 0) is 16.4 Å². The Balaban J connectivity index is 2.44. The zero-order valence-corrected chi connectivity index (χ0v) is 12.3. The minimum Gasteiger partial charge on any atom is -0.399 e. The van der Waals surface area contributed by atoms with Gasteiger partial charge in [-0.15, -0.1) is 0 Å². The van der Waals surface area contributed by atoms with Crippen molar-refractivity contribution in [2.75, 3.05) is 16.6 Å². The third-order valence-corrected chi connectivity index (χ3v) is 4.77. The van der Waals surface area contributed by atoms with Gasteiger partial charge in [-0.1, -0.05) is 13.0 Å². The minimum absolute atomic E-state index is 0.0959. The van der Waals surface area contributed by atoms with Crippen molar-refractivity contribution in [3.63, 3.8) is 0 Å². The van der Waals surface area contributed by atoms with Crippen LogP contribution in [0.3, 0.4) is 0 Å². The van der Waals surface area contributed by atoms with Gasteiger partial charge in [0.15, 0.2) is 5.03 Å². The summed E-state index contributed by atoms with van der Waals surface area (Å²) in [4.78, 5) is 6.87. The fourth-order valence-electron chi connectivity index (χ4n) is 1.94. The number of anilines is 2. The Bertz CT molecular complexity index is 694. The number of sulfonamides is 1. The van der Waals surface area contributed by atoms with Crippen molar-refractivity contribution in [3.05, 3.63) is 36.3 Å². The number of benzene rings is 1. The third kappa shape index (κ3) is 2.62. The molecular formula is C13H18N4O2S. The van der Waals surface area contributed by atoms with Crippen LogP contribution < -0.4 is 10.0 Å². The second-order valence-electron chi connectivity index (χ2n) is 4.31. The SMILES string of the molecule is CCc1ncc(S(=O)(=O)N(CC)c2cccc(N)c2)[nH]1. The number of aryl methyl sites for hydroxylation is 1. The average molecular weight is 294 g/mol. The molecule has 3 N–H and O–H groups in total. The topological polar surface area (TPSA) is 92.1 Å². The molecule has 0 aliphatic carbocycles. The summed E-state index contributed by atoms with van der Waals surface area (Å²) in [5, 5.41) is 0.0959. The Morgan fingerprint density at radius 3 is 2.65 bits per heavy atom. The monoisotopic (exact) mass is 294 g/mol. The number of aromatic nitrogens is 2. The Hall–Kier alpha value is -2.02. The molecule has 0 bridgehead atoms. The van der Waals surface area contributed by atoms with Gasteiger partial charge in [-0.2, -0.15) is 8.42 Å². The number of nitrogen functional groups attached to an aromatic ring is 1. The number of nitrogens with one attached hydrogen (secondary N) is 1. The van der Waals surface area contributed by atoms with Crippen LogP contribution in [0.2, 0.25) is 0 Å². The van der Waals surface area contributed by atoms with Crippen molar-refractivity contribution in [1.82, 2.24) is 9.97 Å². The number of nitrogens with zero attached hydrogens (tertiary/aromatic N) is 2. The molecule has 108 valence electrons. The van der Waals surface area contributed by atoms with E-state index in [9.17, 15) is 8.42 Å². The summed E-state index contributed by atoms with van der Waals surface area (Å²) in [6.45, 7) is 3.99. The molecule has 6 nitrogen and oxygen atoms in total. The van der Waals surface area contributed by atoms with Crippen LogP contribution in [0.15, 0.2) is 35.5 Å². The summed E-state index contributed by atoms with van der Waals surface area (Å²) in [6, 6.07) is 6.80. The van der Waals surface area contributed by atoms with Crippen molar-refractivity contribution in [3.8, 4) is 0 Å². The van der Waals surface area contributed by atoms with E-state index in [1.165, 1.54) is 10.5 Å².